The molecule has 9 aromatic carbocycles. The standard InChI is InChI=1S/C63H49BN2S/c1-4-5-19-41-30-35-56(50(36-41)45-24-13-8-14-25-45)65-58-38-46(43-22-11-7-12-23-43)37-53-52-39-51-48-26-15-17-28-54(48)63(2,3)55(51)40-57(52)66(47-33-31-44(32-34-47)42-20-9-6-10-21-42)64(60(53)58)62-61(65)49-27-16-18-29-59(49)67-62/h6-18,20-40H,4-5,19H2,1-3H3. The quantitative estimate of drug-likeness (QED) is 0.140. The van der Waals surface area contributed by atoms with Crippen LogP contribution in [0.25, 0.3) is 65.7 Å². The number of nitrogens with zero attached hydrogens (tertiary/aromatic N) is 2. The van der Waals surface area contributed by atoms with Gasteiger partial charge in [0.2, 0.25) is 0 Å². The maximum atomic E-state index is 2.70. The fourth-order valence-corrected chi connectivity index (χ4v) is 12.8. The van der Waals surface area contributed by atoms with Gasteiger partial charge in [-0.2, -0.15) is 0 Å². The number of benzene rings is 9. The molecular weight excluding hydrogens is 828 g/mol. The van der Waals surface area contributed by atoms with Gasteiger partial charge in [0.05, 0.1) is 11.4 Å². The topological polar surface area (TPSA) is 6.48 Å². The first-order valence-corrected chi connectivity index (χ1v) is 24.7. The molecule has 0 spiro atoms. The zero-order chi connectivity index (χ0) is 44.8. The van der Waals surface area contributed by atoms with E-state index in [1.807, 2.05) is 11.3 Å². The number of anilines is 5. The molecule has 3 heterocycles. The van der Waals surface area contributed by atoms with Crippen molar-refractivity contribution in [1.29, 1.82) is 0 Å². The summed E-state index contributed by atoms with van der Waals surface area (Å²) in [5, 5.41) is 1.28. The summed E-state index contributed by atoms with van der Waals surface area (Å²) in [7, 11) is 0. The van der Waals surface area contributed by atoms with Crippen molar-refractivity contribution in [2.24, 2.45) is 0 Å². The van der Waals surface area contributed by atoms with Gasteiger partial charge in [-0.1, -0.05) is 179 Å². The monoisotopic (exact) mass is 876 g/mol. The fourth-order valence-electron chi connectivity index (χ4n) is 11.5. The van der Waals surface area contributed by atoms with Gasteiger partial charge in [0.25, 0.3) is 0 Å². The first-order valence-electron chi connectivity index (χ1n) is 23.9. The second-order valence-electron chi connectivity index (χ2n) is 19.1. The zero-order valence-corrected chi connectivity index (χ0v) is 38.9. The highest BCUT2D eigenvalue weighted by Gasteiger charge is 2.49. The third-order valence-corrected chi connectivity index (χ3v) is 16.0. The lowest BCUT2D eigenvalue weighted by molar-refractivity contribution is 0.660. The largest absolute Gasteiger partial charge is 0.376 e. The summed E-state index contributed by atoms with van der Waals surface area (Å²) in [5.41, 5.74) is 24.1. The lowest BCUT2D eigenvalue weighted by Gasteiger charge is -2.45. The molecule has 0 unspecified atom stereocenters. The third kappa shape index (κ3) is 6.23. The Labute approximate surface area is 398 Å². The average molecular weight is 877 g/mol. The molecule has 2 aliphatic heterocycles. The van der Waals surface area contributed by atoms with Crippen LogP contribution in [-0.4, -0.2) is 6.85 Å². The van der Waals surface area contributed by atoms with Gasteiger partial charge in [0, 0.05) is 48.5 Å². The van der Waals surface area contributed by atoms with Gasteiger partial charge in [-0.25, -0.2) is 0 Å². The van der Waals surface area contributed by atoms with Crippen molar-refractivity contribution >= 4 is 66.9 Å². The van der Waals surface area contributed by atoms with E-state index in [4.69, 9.17) is 0 Å². The normalized spacial score (nSPS) is 13.8. The van der Waals surface area contributed by atoms with E-state index in [9.17, 15) is 0 Å². The molecule has 67 heavy (non-hydrogen) atoms. The Hall–Kier alpha value is -7.40. The van der Waals surface area contributed by atoms with Crippen molar-refractivity contribution in [1.82, 2.24) is 0 Å². The number of fused-ring (bicyclic) bond motifs is 9. The highest BCUT2D eigenvalue weighted by Crippen LogP contribution is 2.56. The van der Waals surface area contributed by atoms with Crippen LogP contribution in [0.4, 0.5) is 28.4 Å². The summed E-state index contributed by atoms with van der Waals surface area (Å²) in [4.78, 5) is 5.37. The highest BCUT2D eigenvalue weighted by atomic mass is 32.1. The summed E-state index contributed by atoms with van der Waals surface area (Å²) in [6.07, 6.45) is 3.39. The Morgan fingerprint density at radius 3 is 1.88 bits per heavy atom. The molecule has 10 aromatic rings. The molecule has 13 rings (SSSR count). The van der Waals surface area contributed by atoms with Crippen LogP contribution in [0.5, 0.6) is 0 Å². The second kappa shape index (κ2) is 15.6. The molecule has 2 nitrogen and oxygen atoms in total. The molecule has 0 saturated heterocycles. The maximum absolute atomic E-state index is 2.70. The number of hydrogen-bond acceptors (Lipinski definition) is 3. The molecule has 0 N–H and O–H groups in total. The van der Waals surface area contributed by atoms with E-state index in [0.717, 1.165) is 19.3 Å². The fraction of sp³-hybridized carbons (Fsp3) is 0.111. The molecule has 0 fully saturated rings. The van der Waals surface area contributed by atoms with Crippen molar-refractivity contribution in [2.75, 3.05) is 9.71 Å². The lowest BCUT2D eigenvalue weighted by atomic mass is 9.46. The van der Waals surface area contributed by atoms with Crippen LogP contribution in [0.3, 0.4) is 0 Å². The molecule has 0 radical (unpaired) electrons. The van der Waals surface area contributed by atoms with E-state index in [1.54, 1.807) is 0 Å². The van der Waals surface area contributed by atoms with Crippen molar-refractivity contribution in [3.05, 3.63) is 223 Å². The van der Waals surface area contributed by atoms with E-state index >= 15 is 0 Å². The Morgan fingerprint density at radius 1 is 0.478 bits per heavy atom. The van der Waals surface area contributed by atoms with Crippen molar-refractivity contribution < 1.29 is 0 Å². The molecule has 0 bridgehead atoms. The smallest absolute Gasteiger partial charge is 0.343 e. The van der Waals surface area contributed by atoms with Crippen molar-refractivity contribution in [2.45, 2.75) is 45.4 Å². The molecule has 0 saturated carbocycles. The van der Waals surface area contributed by atoms with Crippen LogP contribution in [0.15, 0.2) is 206 Å². The van der Waals surface area contributed by atoms with Gasteiger partial charge in [0.1, 0.15) is 0 Å². The van der Waals surface area contributed by atoms with Gasteiger partial charge in [-0.3, -0.25) is 0 Å². The van der Waals surface area contributed by atoms with Crippen molar-refractivity contribution in [3.8, 4) is 55.6 Å². The lowest BCUT2D eigenvalue weighted by Crippen LogP contribution is -2.60. The minimum absolute atomic E-state index is 0.0949. The molecule has 0 atom stereocenters. The first kappa shape index (κ1) is 39.9. The van der Waals surface area contributed by atoms with Crippen LogP contribution in [0.2, 0.25) is 0 Å². The minimum Gasteiger partial charge on any atom is -0.376 e. The van der Waals surface area contributed by atoms with Crippen LogP contribution < -0.4 is 20.0 Å². The van der Waals surface area contributed by atoms with Crippen LogP contribution in [-0.2, 0) is 11.8 Å². The molecule has 4 heteroatoms. The second-order valence-corrected chi connectivity index (χ2v) is 20.1. The molecule has 0 amide bonds. The Bertz CT molecular complexity index is 3540. The SMILES string of the molecule is CCCCc1ccc(N2c3cc(-c4ccccc4)cc4c3B(c3sc5ccccc5c32)N(c2ccc(-c3ccccc3)cc2)c2cc3c(cc2-4)-c2ccccc2C3(C)C)c(-c2ccccc2)c1. The third-order valence-electron chi connectivity index (χ3n) is 14.8. The van der Waals surface area contributed by atoms with E-state index in [0.29, 0.717) is 0 Å². The number of hydrogen-bond donors (Lipinski definition) is 0. The van der Waals surface area contributed by atoms with Crippen LogP contribution in [0, 0.1) is 0 Å². The number of thiophene rings is 1. The highest BCUT2D eigenvalue weighted by molar-refractivity contribution is 7.32. The Morgan fingerprint density at radius 2 is 1.13 bits per heavy atom. The average Bonchev–Trinajstić information content (AvgIpc) is 3.88. The predicted molar refractivity (Wildman–Crippen MR) is 288 cm³/mol. The summed E-state index contributed by atoms with van der Waals surface area (Å²) >= 11 is 1.96. The van der Waals surface area contributed by atoms with E-state index in [-0.39, 0.29) is 12.3 Å². The summed E-state index contributed by atoms with van der Waals surface area (Å²) in [5.74, 6) is 0. The summed E-state index contributed by atoms with van der Waals surface area (Å²) < 4.78 is 2.66. The van der Waals surface area contributed by atoms with Gasteiger partial charge in [0.15, 0.2) is 0 Å². The van der Waals surface area contributed by atoms with Gasteiger partial charge >= 0.3 is 6.85 Å². The van der Waals surface area contributed by atoms with Crippen LogP contribution in [0.1, 0.15) is 50.3 Å². The summed E-state index contributed by atoms with van der Waals surface area (Å²) in [6, 6.07) is 77.8. The van der Waals surface area contributed by atoms with Gasteiger partial charge in [-0.05, 0) is 134 Å². The van der Waals surface area contributed by atoms with E-state index in [2.05, 4.69) is 237 Å². The van der Waals surface area contributed by atoms with E-state index in [1.165, 1.54) is 121 Å². The van der Waals surface area contributed by atoms with Crippen LogP contribution >= 0.6 is 11.3 Å². The Balaban J connectivity index is 1.16. The number of aryl methyl sites for hydroxylation is 1. The molecular formula is C63H49BN2S. The van der Waals surface area contributed by atoms with Crippen molar-refractivity contribution in [3.63, 3.8) is 0 Å². The van der Waals surface area contributed by atoms with Gasteiger partial charge < -0.3 is 9.71 Å². The predicted octanol–water partition coefficient (Wildman–Crippen LogP) is 16.3. The molecule has 3 aliphatic rings. The number of rotatable bonds is 8. The first-order chi connectivity index (χ1) is 33.0. The molecule has 1 aromatic heterocycles. The van der Waals surface area contributed by atoms with Gasteiger partial charge in [-0.15, -0.1) is 11.3 Å². The molecule has 1 aliphatic carbocycles. The number of unbranched alkanes of at least 4 members (excludes halogenated alkanes) is 1. The minimum atomic E-state index is -0.162. The Kier molecular flexibility index (Phi) is 9.30. The maximum Gasteiger partial charge on any atom is 0.343 e. The zero-order valence-electron chi connectivity index (χ0n) is 38.1. The summed E-state index contributed by atoms with van der Waals surface area (Å²) in [6.45, 7) is 7.01. The molecule has 320 valence electrons. The van der Waals surface area contributed by atoms with E-state index < -0.39 is 0 Å².